The quantitative estimate of drug-likeness (QED) is 0.207. The Morgan fingerprint density at radius 3 is 0.714 bits per heavy atom. The number of fused-ring (bicyclic) bond motifs is 1. The maximum absolute atomic E-state index is 2.38. The van der Waals surface area contributed by atoms with Gasteiger partial charge in [-0.3, -0.25) is 0 Å². The molecule has 0 unspecified atom stereocenters. The van der Waals surface area contributed by atoms with E-state index in [-0.39, 0.29) is 0 Å². The van der Waals surface area contributed by atoms with Gasteiger partial charge < -0.3 is 0 Å². The van der Waals surface area contributed by atoms with E-state index in [1.807, 2.05) is 0 Å². The third kappa shape index (κ3) is 5.19. The lowest BCUT2D eigenvalue weighted by molar-refractivity contribution is 1.36. The Labute approximate surface area is 251 Å². The highest BCUT2D eigenvalue weighted by atomic mass is 14.3. The van der Waals surface area contributed by atoms with Gasteiger partial charge in [0, 0.05) is 0 Å². The van der Waals surface area contributed by atoms with Gasteiger partial charge in [-0.1, -0.05) is 142 Å². The Bertz CT molecular complexity index is 1770. The van der Waals surface area contributed by atoms with Crippen molar-refractivity contribution in [2.75, 3.05) is 0 Å². The summed E-state index contributed by atoms with van der Waals surface area (Å²) < 4.78 is 0. The molecule has 0 bridgehead atoms. The molecule has 0 aliphatic carbocycles. The molecular weight excluding hydrogens is 504 g/mol. The van der Waals surface area contributed by atoms with Gasteiger partial charge in [-0.25, -0.2) is 0 Å². The zero-order valence-corrected chi connectivity index (χ0v) is 26.2. The van der Waals surface area contributed by atoms with Gasteiger partial charge in [0.15, 0.2) is 0 Å². The van der Waals surface area contributed by atoms with Gasteiger partial charge in [-0.2, -0.15) is 0 Å². The summed E-state index contributed by atoms with van der Waals surface area (Å²) in [4.78, 5) is 0. The molecule has 0 amide bonds. The molecule has 0 saturated carbocycles. The number of benzene rings is 6. The van der Waals surface area contributed by atoms with Gasteiger partial charge >= 0.3 is 0 Å². The highest BCUT2D eigenvalue weighted by molar-refractivity contribution is 6.18. The summed E-state index contributed by atoms with van der Waals surface area (Å²) in [5.74, 6) is 0. The van der Waals surface area contributed by atoms with Crippen LogP contribution in [0, 0.1) is 55.4 Å². The van der Waals surface area contributed by atoms with E-state index in [0.29, 0.717) is 0 Å². The largest absolute Gasteiger partial charge is 0.0616 e. The van der Waals surface area contributed by atoms with Crippen LogP contribution in [-0.2, 0) is 0 Å². The zero-order valence-electron chi connectivity index (χ0n) is 26.2. The first kappa shape index (κ1) is 27.7. The van der Waals surface area contributed by atoms with E-state index < -0.39 is 0 Å². The minimum atomic E-state index is 1.27. The molecule has 42 heavy (non-hydrogen) atoms. The van der Waals surface area contributed by atoms with E-state index in [0.717, 1.165) is 0 Å². The Balaban J connectivity index is 1.95. The van der Waals surface area contributed by atoms with E-state index in [4.69, 9.17) is 0 Å². The summed E-state index contributed by atoms with van der Waals surface area (Å²) >= 11 is 0. The van der Waals surface area contributed by atoms with Crippen LogP contribution < -0.4 is 0 Å². The fourth-order valence-electron chi connectivity index (χ4n) is 7.09. The molecule has 0 N–H and O–H groups in total. The Kier molecular flexibility index (Phi) is 7.11. The summed E-state index contributed by atoms with van der Waals surface area (Å²) in [5.41, 5.74) is 20.6. The highest BCUT2D eigenvalue weighted by Gasteiger charge is 2.25. The van der Waals surface area contributed by atoms with E-state index >= 15 is 0 Å². The predicted octanol–water partition coefficient (Wildman–Crippen LogP) is 12.0. The molecule has 0 fully saturated rings. The topological polar surface area (TPSA) is 0 Å². The van der Waals surface area contributed by atoms with Crippen molar-refractivity contribution >= 4 is 10.8 Å². The fraction of sp³-hybridized carbons (Fsp3) is 0.190. The van der Waals surface area contributed by atoms with Crippen LogP contribution in [0.4, 0.5) is 0 Å². The highest BCUT2D eigenvalue weighted by Crippen LogP contribution is 2.51. The first-order valence-electron chi connectivity index (χ1n) is 15.0. The van der Waals surface area contributed by atoms with Gasteiger partial charge in [0.2, 0.25) is 0 Å². The molecule has 0 aliphatic rings. The minimum absolute atomic E-state index is 1.27. The summed E-state index contributed by atoms with van der Waals surface area (Å²) in [6.45, 7) is 17.7. The molecule has 0 saturated heterocycles. The van der Waals surface area contributed by atoms with Gasteiger partial charge in [0.1, 0.15) is 0 Å². The first-order chi connectivity index (χ1) is 20.1. The standard InChI is InChI=1S/C42H40/c1-25-13-26(2)18-33(17-25)39-37-11-9-10-12-38(37)40(34-19-27(3)14-28(4)20-34)42(36-23-31(7)16-32(8)24-36)41(39)35-21-29(5)15-30(6)22-35/h9-24H,1-8H3. The molecule has 6 rings (SSSR count). The summed E-state index contributed by atoms with van der Waals surface area (Å²) in [7, 11) is 0. The lowest BCUT2D eigenvalue weighted by Gasteiger charge is -2.25. The molecule has 0 spiro atoms. The van der Waals surface area contributed by atoms with Crippen LogP contribution in [0.25, 0.3) is 55.3 Å². The lowest BCUT2D eigenvalue weighted by Crippen LogP contribution is -1.99. The van der Waals surface area contributed by atoms with Gasteiger partial charge in [-0.15, -0.1) is 0 Å². The number of aryl methyl sites for hydroxylation is 8. The van der Waals surface area contributed by atoms with Crippen molar-refractivity contribution in [3.8, 4) is 44.5 Å². The third-order valence-electron chi connectivity index (χ3n) is 8.26. The van der Waals surface area contributed by atoms with Crippen molar-refractivity contribution in [2.45, 2.75) is 55.4 Å². The van der Waals surface area contributed by atoms with E-state index in [1.165, 1.54) is 99.8 Å². The molecule has 0 aliphatic heterocycles. The molecule has 0 aromatic heterocycles. The summed E-state index contributed by atoms with van der Waals surface area (Å²) in [6, 6.07) is 37.1. The van der Waals surface area contributed by atoms with Crippen LogP contribution in [0.2, 0.25) is 0 Å². The van der Waals surface area contributed by atoms with Crippen molar-refractivity contribution in [1.29, 1.82) is 0 Å². The van der Waals surface area contributed by atoms with Crippen LogP contribution in [-0.4, -0.2) is 0 Å². The van der Waals surface area contributed by atoms with E-state index in [1.54, 1.807) is 0 Å². The molecular formula is C42H40. The molecule has 0 radical (unpaired) electrons. The molecule has 0 heterocycles. The van der Waals surface area contributed by atoms with Crippen LogP contribution in [0.3, 0.4) is 0 Å². The maximum Gasteiger partial charge on any atom is -0.00139 e. The predicted molar refractivity (Wildman–Crippen MR) is 184 cm³/mol. The smallest absolute Gasteiger partial charge is 0.00139 e. The number of hydrogen-bond acceptors (Lipinski definition) is 0. The molecule has 208 valence electrons. The van der Waals surface area contributed by atoms with Crippen molar-refractivity contribution in [3.05, 3.63) is 142 Å². The first-order valence-corrected chi connectivity index (χ1v) is 15.0. The van der Waals surface area contributed by atoms with Crippen LogP contribution in [0.1, 0.15) is 44.5 Å². The molecule has 6 aromatic carbocycles. The SMILES string of the molecule is Cc1cc(C)cc(-c2c(-c3cc(C)cc(C)c3)c(-c3cc(C)cc(C)c3)c3ccccc3c2-c2cc(C)cc(C)c2)c1. The normalized spacial score (nSPS) is 11.3. The zero-order chi connectivity index (χ0) is 29.7. The summed E-state index contributed by atoms with van der Waals surface area (Å²) in [6.07, 6.45) is 0. The third-order valence-corrected chi connectivity index (χ3v) is 8.26. The van der Waals surface area contributed by atoms with Crippen LogP contribution in [0.15, 0.2) is 97.1 Å². The Hall–Kier alpha value is -4.42. The number of hydrogen-bond donors (Lipinski definition) is 0. The molecule has 6 aromatic rings. The average Bonchev–Trinajstić information content (AvgIpc) is 2.89. The average molecular weight is 545 g/mol. The number of rotatable bonds is 4. The second-order valence-corrected chi connectivity index (χ2v) is 12.6. The van der Waals surface area contributed by atoms with E-state index in [9.17, 15) is 0 Å². The second kappa shape index (κ2) is 10.8. The van der Waals surface area contributed by atoms with Crippen molar-refractivity contribution in [3.63, 3.8) is 0 Å². The molecule has 0 nitrogen and oxygen atoms in total. The Morgan fingerprint density at radius 1 is 0.262 bits per heavy atom. The monoisotopic (exact) mass is 544 g/mol. The summed E-state index contributed by atoms with van der Waals surface area (Å²) in [5, 5.41) is 2.58. The maximum atomic E-state index is 2.38. The van der Waals surface area contributed by atoms with Gasteiger partial charge in [0.25, 0.3) is 0 Å². The fourth-order valence-corrected chi connectivity index (χ4v) is 7.09. The van der Waals surface area contributed by atoms with Crippen molar-refractivity contribution in [2.24, 2.45) is 0 Å². The molecule has 0 heteroatoms. The van der Waals surface area contributed by atoms with Crippen LogP contribution >= 0.6 is 0 Å². The minimum Gasteiger partial charge on any atom is -0.0616 e. The molecule has 0 atom stereocenters. The van der Waals surface area contributed by atoms with Gasteiger partial charge in [-0.05, 0) is 111 Å². The van der Waals surface area contributed by atoms with Crippen LogP contribution in [0.5, 0.6) is 0 Å². The second-order valence-electron chi connectivity index (χ2n) is 12.6. The lowest BCUT2D eigenvalue weighted by atomic mass is 9.77. The Morgan fingerprint density at radius 2 is 0.476 bits per heavy atom. The van der Waals surface area contributed by atoms with E-state index in [2.05, 4.69) is 152 Å². The van der Waals surface area contributed by atoms with Crippen molar-refractivity contribution < 1.29 is 0 Å². The van der Waals surface area contributed by atoms with Gasteiger partial charge in [0.05, 0.1) is 0 Å². The van der Waals surface area contributed by atoms with Crippen molar-refractivity contribution in [1.82, 2.24) is 0 Å².